The van der Waals surface area contributed by atoms with Gasteiger partial charge in [-0.15, -0.1) is 0 Å². The summed E-state index contributed by atoms with van der Waals surface area (Å²) in [5.74, 6) is 0.510. The van der Waals surface area contributed by atoms with Crippen molar-refractivity contribution in [3.05, 3.63) is 0 Å². The van der Waals surface area contributed by atoms with Gasteiger partial charge < -0.3 is 10.6 Å². The van der Waals surface area contributed by atoms with Crippen LogP contribution in [-0.2, 0) is 9.59 Å². The lowest BCUT2D eigenvalue weighted by Gasteiger charge is -2.07. The van der Waals surface area contributed by atoms with Crippen LogP contribution < -0.4 is 10.6 Å². The summed E-state index contributed by atoms with van der Waals surface area (Å²) < 4.78 is 0. The molecule has 0 spiro atoms. The Labute approximate surface area is 104 Å². The van der Waals surface area contributed by atoms with E-state index in [4.69, 9.17) is 0 Å². The third-order valence-corrected chi connectivity index (χ3v) is 3.03. The van der Waals surface area contributed by atoms with Gasteiger partial charge in [0.2, 0.25) is 11.8 Å². The Balaban J connectivity index is 2.17. The van der Waals surface area contributed by atoms with Gasteiger partial charge in [0, 0.05) is 13.1 Å². The van der Waals surface area contributed by atoms with E-state index in [-0.39, 0.29) is 23.7 Å². The summed E-state index contributed by atoms with van der Waals surface area (Å²) in [5, 5.41) is 5.73. The second-order valence-corrected chi connectivity index (χ2v) is 5.21. The highest BCUT2D eigenvalue weighted by molar-refractivity contribution is 5.92. The molecular weight excluding hydrogens is 216 g/mol. The van der Waals surface area contributed by atoms with Gasteiger partial charge in [-0.25, -0.2) is 0 Å². The Hall–Kier alpha value is -1.06. The van der Waals surface area contributed by atoms with Crippen LogP contribution in [0, 0.1) is 17.8 Å². The van der Waals surface area contributed by atoms with Crippen LogP contribution in [-0.4, -0.2) is 24.9 Å². The van der Waals surface area contributed by atoms with E-state index in [9.17, 15) is 9.59 Å². The van der Waals surface area contributed by atoms with Crippen molar-refractivity contribution in [1.82, 2.24) is 10.6 Å². The smallest absolute Gasteiger partial charge is 0.223 e. The van der Waals surface area contributed by atoms with E-state index in [0.29, 0.717) is 18.9 Å². The van der Waals surface area contributed by atoms with Crippen molar-refractivity contribution in [1.29, 1.82) is 0 Å². The van der Waals surface area contributed by atoms with E-state index in [1.807, 2.05) is 6.92 Å². The normalized spacial score (nSPS) is 22.4. The number of carbonyl (C=O) groups is 2. The molecule has 98 valence electrons. The van der Waals surface area contributed by atoms with Crippen LogP contribution in [0.1, 0.15) is 40.0 Å². The molecule has 0 aliphatic heterocycles. The van der Waals surface area contributed by atoms with Crippen molar-refractivity contribution in [3.63, 3.8) is 0 Å². The Morgan fingerprint density at radius 3 is 2.12 bits per heavy atom. The van der Waals surface area contributed by atoms with E-state index >= 15 is 0 Å². The maximum absolute atomic E-state index is 11.7. The van der Waals surface area contributed by atoms with E-state index in [0.717, 1.165) is 19.4 Å². The van der Waals surface area contributed by atoms with Crippen LogP contribution in [0.15, 0.2) is 0 Å². The summed E-state index contributed by atoms with van der Waals surface area (Å²) in [5.41, 5.74) is 0. The molecule has 1 aliphatic rings. The predicted octanol–water partition coefficient (Wildman–Crippen LogP) is 1.31. The van der Waals surface area contributed by atoms with E-state index in [1.54, 1.807) is 0 Å². The number of nitrogens with one attached hydrogen (secondary N) is 2. The zero-order valence-electron chi connectivity index (χ0n) is 11.1. The fourth-order valence-corrected chi connectivity index (χ4v) is 1.77. The molecule has 4 nitrogen and oxygen atoms in total. The zero-order valence-corrected chi connectivity index (χ0v) is 11.1. The molecule has 2 N–H and O–H groups in total. The van der Waals surface area contributed by atoms with Gasteiger partial charge in [0.15, 0.2) is 0 Å². The molecule has 2 unspecified atom stereocenters. The SMILES string of the molecule is CCCNC(=O)C1CC1C(=O)NCCC(C)C. The quantitative estimate of drug-likeness (QED) is 0.705. The Morgan fingerprint density at radius 2 is 1.65 bits per heavy atom. The molecule has 0 heterocycles. The molecule has 0 bridgehead atoms. The highest BCUT2D eigenvalue weighted by atomic mass is 16.2. The van der Waals surface area contributed by atoms with Crippen molar-refractivity contribution in [2.45, 2.75) is 40.0 Å². The summed E-state index contributed by atoms with van der Waals surface area (Å²) >= 11 is 0. The summed E-state index contributed by atoms with van der Waals surface area (Å²) in [6, 6.07) is 0. The minimum atomic E-state index is -0.0842. The maximum Gasteiger partial charge on any atom is 0.223 e. The van der Waals surface area contributed by atoms with Crippen LogP contribution in [0.3, 0.4) is 0 Å². The van der Waals surface area contributed by atoms with Crippen molar-refractivity contribution in [2.24, 2.45) is 17.8 Å². The van der Waals surface area contributed by atoms with E-state index in [1.165, 1.54) is 0 Å². The van der Waals surface area contributed by atoms with Gasteiger partial charge in [-0.3, -0.25) is 9.59 Å². The Morgan fingerprint density at radius 1 is 1.12 bits per heavy atom. The van der Waals surface area contributed by atoms with Gasteiger partial charge in [-0.1, -0.05) is 20.8 Å². The third kappa shape index (κ3) is 4.75. The lowest BCUT2D eigenvalue weighted by Crippen LogP contribution is -2.31. The Kier molecular flexibility index (Phi) is 5.45. The second-order valence-electron chi connectivity index (χ2n) is 5.21. The lowest BCUT2D eigenvalue weighted by atomic mass is 10.1. The fraction of sp³-hybridized carbons (Fsp3) is 0.846. The molecule has 1 fully saturated rings. The molecule has 0 radical (unpaired) electrons. The summed E-state index contributed by atoms with van der Waals surface area (Å²) in [6.07, 6.45) is 2.64. The summed E-state index contributed by atoms with van der Waals surface area (Å²) in [7, 11) is 0. The molecule has 1 saturated carbocycles. The first-order valence-electron chi connectivity index (χ1n) is 6.61. The number of hydrogen-bond donors (Lipinski definition) is 2. The standard InChI is InChI=1S/C13H24N2O2/c1-4-6-14-12(16)10-8-11(10)13(17)15-7-5-9(2)3/h9-11H,4-8H2,1-3H3,(H,14,16)(H,15,17). The minimum absolute atomic E-state index is 0.0378. The Bertz CT molecular complexity index is 277. The molecule has 0 aromatic carbocycles. The molecule has 1 rings (SSSR count). The third-order valence-electron chi connectivity index (χ3n) is 3.03. The predicted molar refractivity (Wildman–Crippen MR) is 67.4 cm³/mol. The molecule has 4 heteroatoms. The van der Waals surface area contributed by atoms with Crippen LogP contribution >= 0.6 is 0 Å². The molecule has 2 atom stereocenters. The molecule has 0 saturated heterocycles. The first kappa shape index (κ1) is 14.0. The van der Waals surface area contributed by atoms with Crippen molar-refractivity contribution in [2.75, 3.05) is 13.1 Å². The number of hydrogen-bond acceptors (Lipinski definition) is 2. The zero-order chi connectivity index (χ0) is 12.8. The number of rotatable bonds is 7. The molecule has 17 heavy (non-hydrogen) atoms. The number of carbonyl (C=O) groups excluding carboxylic acids is 2. The topological polar surface area (TPSA) is 58.2 Å². The average Bonchev–Trinajstić information content (AvgIpc) is 3.05. The van der Waals surface area contributed by atoms with Crippen molar-refractivity contribution >= 4 is 11.8 Å². The van der Waals surface area contributed by atoms with E-state index < -0.39 is 0 Å². The largest absolute Gasteiger partial charge is 0.356 e. The average molecular weight is 240 g/mol. The fourth-order valence-electron chi connectivity index (χ4n) is 1.77. The van der Waals surface area contributed by atoms with Gasteiger partial charge in [0.05, 0.1) is 11.8 Å². The summed E-state index contributed by atoms with van der Waals surface area (Å²) in [4.78, 5) is 23.3. The highest BCUT2D eigenvalue weighted by Crippen LogP contribution is 2.38. The van der Waals surface area contributed by atoms with E-state index in [2.05, 4.69) is 24.5 Å². The molecular formula is C13H24N2O2. The number of amides is 2. The maximum atomic E-state index is 11.7. The van der Waals surface area contributed by atoms with Crippen molar-refractivity contribution in [3.8, 4) is 0 Å². The minimum Gasteiger partial charge on any atom is -0.356 e. The van der Waals surface area contributed by atoms with Gasteiger partial charge >= 0.3 is 0 Å². The van der Waals surface area contributed by atoms with Crippen LogP contribution in [0.25, 0.3) is 0 Å². The second kappa shape index (κ2) is 6.62. The molecule has 0 aromatic rings. The first-order chi connectivity index (χ1) is 8.06. The first-order valence-corrected chi connectivity index (χ1v) is 6.61. The van der Waals surface area contributed by atoms with Gasteiger partial charge in [0.25, 0.3) is 0 Å². The lowest BCUT2D eigenvalue weighted by molar-refractivity contribution is -0.127. The molecule has 1 aliphatic carbocycles. The highest BCUT2D eigenvalue weighted by Gasteiger charge is 2.47. The molecule has 0 aromatic heterocycles. The van der Waals surface area contributed by atoms with Crippen molar-refractivity contribution < 1.29 is 9.59 Å². The van der Waals surface area contributed by atoms with Gasteiger partial charge in [0.1, 0.15) is 0 Å². The summed E-state index contributed by atoms with van der Waals surface area (Å²) in [6.45, 7) is 7.70. The monoisotopic (exact) mass is 240 g/mol. The van der Waals surface area contributed by atoms with Gasteiger partial charge in [-0.2, -0.15) is 0 Å². The van der Waals surface area contributed by atoms with Gasteiger partial charge in [-0.05, 0) is 25.2 Å². The van der Waals surface area contributed by atoms with Crippen LogP contribution in [0.4, 0.5) is 0 Å². The van der Waals surface area contributed by atoms with Crippen LogP contribution in [0.5, 0.6) is 0 Å². The van der Waals surface area contributed by atoms with Crippen LogP contribution in [0.2, 0.25) is 0 Å². The molecule has 2 amide bonds.